The molecule has 1 aliphatic rings. The van der Waals surface area contributed by atoms with Gasteiger partial charge in [-0.15, -0.1) is 30.3 Å². The van der Waals surface area contributed by atoms with Gasteiger partial charge in [-0.05, 0) is 19.2 Å². The zero-order valence-corrected chi connectivity index (χ0v) is 12.7. The highest BCUT2D eigenvalue weighted by Crippen LogP contribution is 2.82. The first kappa shape index (κ1) is 15.8. The third-order valence-electron chi connectivity index (χ3n) is 2.21. The second-order valence-corrected chi connectivity index (χ2v) is 9.45. The van der Waals surface area contributed by atoms with E-state index < -0.39 is 23.3 Å². The third-order valence-corrected chi connectivity index (χ3v) is 8.48. The van der Waals surface area contributed by atoms with Gasteiger partial charge in [0.1, 0.15) is 0 Å². The monoisotopic (exact) mass is 351 g/mol. The molecule has 0 bridgehead atoms. The van der Waals surface area contributed by atoms with Gasteiger partial charge in [0.2, 0.25) is 0 Å². The molecule has 5 nitrogen and oxygen atoms in total. The smallest absolute Gasteiger partial charge is 0.260 e. The maximum Gasteiger partial charge on any atom is 0.424 e. The van der Waals surface area contributed by atoms with E-state index >= 15 is 0 Å². The predicted octanol–water partition coefficient (Wildman–Crippen LogP) is 6.21. The highest BCUT2D eigenvalue weighted by atomic mass is 31.3. The fourth-order valence-electron chi connectivity index (χ4n) is 1.41. The van der Waals surface area contributed by atoms with Crippen molar-refractivity contribution in [3.63, 3.8) is 0 Å². The Kier molecular flexibility index (Phi) is 4.22. The second-order valence-electron chi connectivity index (χ2n) is 3.81. The van der Waals surface area contributed by atoms with E-state index in [4.69, 9.17) is 0 Å². The molecule has 0 spiro atoms. The molecular formula is C7H9F5N5P3. The molecule has 0 radical (unpaired) electrons. The van der Waals surface area contributed by atoms with Gasteiger partial charge in [-0.1, -0.05) is 6.07 Å². The van der Waals surface area contributed by atoms with Crippen molar-refractivity contribution in [1.29, 1.82) is 0 Å². The van der Waals surface area contributed by atoms with Crippen molar-refractivity contribution in [1.82, 2.24) is 9.65 Å². The maximum atomic E-state index is 14.4. The van der Waals surface area contributed by atoms with E-state index in [1.54, 1.807) is 12.1 Å². The van der Waals surface area contributed by atoms with Crippen molar-refractivity contribution in [3.8, 4) is 0 Å². The van der Waals surface area contributed by atoms with Crippen LogP contribution in [-0.4, -0.2) is 16.7 Å². The first-order valence-corrected chi connectivity index (χ1v) is 9.62. The molecule has 0 aliphatic carbocycles. The number of hydrogen-bond donors (Lipinski definition) is 0. The van der Waals surface area contributed by atoms with Crippen molar-refractivity contribution in [2.24, 2.45) is 13.5 Å². The Balaban J connectivity index is 2.39. The normalized spacial score (nSPS) is 27.4. The summed E-state index contributed by atoms with van der Waals surface area (Å²) in [5.74, 6) is 0. The lowest BCUT2D eigenvalue weighted by Crippen LogP contribution is -2.12. The van der Waals surface area contributed by atoms with Crippen LogP contribution in [0.3, 0.4) is 0 Å². The topological polar surface area (TPSA) is 53.2 Å². The van der Waals surface area contributed by atoms with Crippen molar-refractivity contribution in [2.45, 2.75) is 6.54 Å². The Bertz CT molecular complexity index is 657. The highest BCUT2D eigenvalue weighted by molar-refractivity contribution is 7.78. The number of aromatic nitrogens is 1. The molecule has 0 saturated heterocycles. The Morgan fingerprint density at radius 1 is 1.00 bits per heavy atom. The molecule has 2 rings (SSSR count). The number of rotatable bonds is 3. The van der Waals surface area contributed by atoms with Gasteiger partial charge in [-0.25, -0.2) is 4.67 Å². The quantitative estimate of drug-likeness (QED) is 0.480. The van der Waals surface area contributed by atoms with E-state index in [0.717, 1.165) is 7.05 Å². The SMILES string of the molecule is CN(Cc1ccccn1)P1(F)=NP(F)(F)=NP(F)(F)=N1. The summed E-state index contributed by atoms with van der Waals surface area (Å²) in [7, 11) is -15.1. The van der Waals surface area contributed by atoms with E-state index in [1.807, 2.05) is 4.52 Å². The van der Waals surface area contributed by atoms with Gasteiger partial charge in [-0.3, -0.25) is 4.98 Å². The maximum absolute atomic E-state index is 14.4. The lowest BCUT2D eigenvalue weighted by atomic mass is 10.3. The van der Waals surface area contributed by atoms with E-state index in [-0.39, 0.29) is 6.54 Å². The lowest BCUT2D eigenvalue weighted by molar-refractivity contribution is 0.497. The van der Waals surface area contributed by atoms with E-state index in [0.29, 0.717) is 10.4 Å². The van der Waals surface area contributed by atoms with Gasteiger partial charge in [0.05, 0.1) is 5.69 Å². The lowest BCUT2D eigenvalue weighted by Gasteiger charge is -2.24. The third kappa shape index (κ3) is 3.76. The molecule has 0 aromatic carbocycles. The first-order chi connectivity index (χ1) is 9.12. The molecule has 0 fully saturated rings. The minimum absolute atomic E-state index is 0.252. The van der Waals surface area contributed by atoms with Crippen LogP contribution in [0.25, 0.3) is 0 Å². The Hall–Kier alpha value is -0.550. The molecule has 13 heteroatoms. The van der Waals surface area contributed by atoms with Crippen LogP contribution in [0.15, 0.2) is 37.9 Å². The molecule has 1 unspecified atom stereocenters. The summed E-state index contributed by atoms with van der Waals surface area (Å²) in [5.41, 5.74) is 0.336. The van der Waals surface area contributed by atoms with E-state index in [9.17, 15) is 21.0 Å². The van der Waals surface area contributed by atoms with Crippen molar-refractivity contribution < 1.29 is 21.0 Å². The molecule has 0 N–H and O–H groups in total. The van der Waals surface area contributed by atoms with Crippen molar-refractivity contribution >= 4 is 23.3 Å². The molecule has 0 saturated carbocycles. The Morgan fingerprint density at radius 3 is 2.20 bits per heavy atom. The van der Waals surface area contributed by atoms with Gasteiger partial charge in [0.15, 0.2) is 0 Å². The Morgan fingerprint density at radius 2 is 1.65 bits per heavy atom. The average Bonchev–Trinajstić information content (AvgIpc) is 2.25. The summed E-state index contributed by atoms with van der Waals surface area (Å²) in [6.45, 7) is -0.252. The van der Waals surface area contributed by atoms with Crippen LogP contribution in [0.4, 0.5) is 21.0 Å². The number of halogens is 5. The summed E-state index contributed by atoms with van der Waals surface area (Å²) in [6.07, 6.45) is 1.42. The molecule has 1 atom stereocenters. The molecule has 1 aromatic rings. The van der Waals surface area contributed by atoms with Gasteiger partial charge in [0.25, 0.3) is 0 Å². The minimum Gasteiger partial charge on any atom is -0.260 e. The predicted molar refractivity (Wildman–Crippen MR) is 69.3 cm³/mol. The molecular weight excluding hydrogens is 342 g/mol. The highest BCUT2D eigenvalue weighted by Gasteiger charge is 2.41. The van der Waals surface area contributed by atoms with Crippen LogP contribution < -0.4 is 0 Å². The van der Waals surface area contributed by atoms with Crippen LogP contribution in [-0.2, 0) is 6.54 Å². The fourth-order valence-corrected chi connectivity index (χ4v) is 7.45. The molecule has 20 heavy (non-hydrogen) atoms. The summed E-state index contributed by atoms with van der Waals surface area (Å²) in [6, 6.07) is 4.72. The average molecular weight is 351 g/mol. The minimum atomic E-state index is -5.67. The van der Waals surface area contributed by atoms with Crippen LogP contribution >= 0.6 is 23.3 Å². The zero-order valence-electron chi connectivity index (χ0n) is 9.98. The zero-order chi connectivity index (χ0) is 15.0. The number of pyridine rings is 1. The number of nitrogens with zero attached hydrogens (tertiary/aromatic N) is 5. The molecule has 112 valence electrons. The molecule has 1 aromatic heterocycles. The van der Waals surface area contributed by atoms with Crippen LogP contribution in [0, 0.1) is 0 Å². The van der Waals surface area contributed by atoms with E-state index in [2.05, 4.69) is 14.0 Å². The van der Waals surface area contributed by atoms with Crippen LogP contribution in [0.5, 0.6) is 0 Å². The van der Waals surface area contributed by atoms with Gasteiger partial charge < -0.3 is 0 Å². The summed E-state index contributed by atoms with van der Waals surface area (Å²) in [5, 5.41) is 0. The Labute approximate surface area is 112 Å². The van der Waals surface area contributed by atoms with Gasteiger partial charge in [-0.2, -0.15) is 4.20 Å². The summed E-state index contributed by atoms with van der Waals surface area (Å²) >= 11 is 0. The largest absolute Gasteiger partial charge is 0.424 e. The summed E-state index contributed by atoms with van der Waals surface area (Å²) in [4.78, 5) is 3.86. The number of hydrogen-bond acceptors (Lipinski definition) is 5. The van der Waals surface area contributed by atoms with Crippen LogP contribution in [0.1, 0.15) is 5.69 Å². The molecule has 1 aliphatic heterocycles. The van der Waals surface area contributed by atoms with Gasteiger partial charge in [0, 0.05) is 12.7 Å². The first-order valence-electron chi connectivity index (χ1n) is 5.13. The van der Waals surface area contributed by atoms with E-state index in [1.165, 1.54) is 12.3 Å². The van der Waals surface area contributed by atoms with Crippen molar-refractivity contribution in [3.05, 3.63) is 30.1 Å². The van der Waals surface area contributed by atoms with Gasteiger partial charge >= 0.3 is 23.3 Å². The standard InChI is InChI=1S/C7H9F5N5P3/c1-17(6-7-4-2-3-5-13-7)20(12)15-18(8,9)14-19(10,11)16-20/h2-5H,6H2,1H3. The molecule has 2 heterocycles. The molecule has 0 amide bonds. The fraction of sp³-hybridized carbons (Fsp3) is 0.286. The van der Waals surface area contributed by atoms with Crippen LogP contribution in [0.2, 0.25) is 0 Å². The van der Waals surface area contributed by atoms with Crippen molar-refractivity contribution in [2.75, 3.05) is 7.05 Å². The summed E-state index contributed by atoms with van der Waals surface area (Å²) < 4.78 is 74.6. The second kappa shape index (κ2) is 5.34.